The van der Waals surface area contributed by atoms with E-state index in [1.807, 2.05) is 0 Å². The lowest BCUT2D eigenvalue weighted by molar-refractivity contribution is -0.0704. The summed E-state index contributed by atoms with van der Waals surface area (Å²) in [4.78, 5) is 2.48. The molecule has 1 fully saturated rings. The van der Waals surface area contributed by atoms with Gasteiger partial charge in [0.15, 0.2) is 0 Å². The third-order valence-corrected chi connectivity index (χ3v) is 2.98. The van der Waals surface area contributed by atoms with Crippen molar-refractivity contribution in [1.82, 2.24) is 4.90 Å². The Morgan fingerprint density at radius 1 is 1.25 bits per heavy atom. The van der Waals surface area contributed by atoms with Gasteiger partial charge >= 0.3 is 0 Å². The fourth-order valence-electron chi connectivity index (χ4n) is 2.48. The average Bonchev–Trinajstić information content (AvgIpc) is 2.15. The molecule has 1 saturated heterocycles. The van der Waals surface area contributed by atoms with Crippen LogP contribution in [0.4, 0.5) is 0 Å². The molecule has 0 aromatic heterocycles. The van der Waals surface area contributed by atoms with Crippen molar-refractivity contribution in [2.75, 3.05) is 13.1 Å². The van der Waals surface area contributed by atoms with Crippen LogP contribution in [0.2, 0.25) is 0 Å². The van der Waals surface area contributed by atoms with Gasteiger partial charge in [-0.15, -0.1) is 0 Å². The van der Waals surface area contributed by atoms with Crippen LogP contribution in [0.3, 0.4) is 0 Å². The van der Waals surface area contributed by atoms with Crippen molar-refractivity contribution < 1.29 is 4.74 Å². The van der Waals surface area contributed by atoms with Gasteiger partial charge in [0.25, 0.3) is 0 Å². The maximum absolute atomic E-state index is 5.74. The van der Waals surface area contributed by atoms with Gasteiger partial charge in [-0.1, -0.05) is 29.8 Å². The van der Waals surface area contributed by atoms with Crippen LogP contribution in [-0.4, -0.2) is 30.2 Å². The third-order valence-electron chi connectivity index (χ3n) is 2.98. The van der Waals surface area contributed by atoms with E-state index >= 15 is 0 Å². The largest absolute Gasteiger partial charge is 0.373 e. The first-order valence-corrected chi connectivity index (χ1v) is 6.07. The highest BCUT2D eigenvalue weighted by atomic mass is 16.5. The van der Waals surface area contributed by atoms with Crippen LogP contribution < -0.4 is 0 Å². The minimum absolute atomic E-state index is 0.355. The van der Waals surface area contributed by atoms with E-state index in [4.69, 9.17) is 4.74 Å². The fraction of sp³-hybridized carbons (Fsp3) is 0.571. The number of morpholine rings is 1. The highest BCUT2D eigenvalue weighted by Gasteiger charge is 2.21. The number of ether oxygens (including phenoxy) is 1. The molecule has 2 rings (SSSR count). The fourth-order valence-corrected chi connectivity index (χ4v) is 2.48. The van der Waals surface area contributed by atoms with Crippen molar-refractivity contribution in [2.24, 2.45) is 0 Å². The predicted molar refractivity (Wildman–Crippen MR) is 66.5 cm³/mol. The molecule has 0 amide bonds. The van der Waals surface area contributed by atoms with Gasteiger partial charge in [-0.05, 0) is 26.3 Å². The van der Waals surface area contributed by atoms with Gasteiger partial charge in [0.2, 0.25) is 0 Å². The Hall–Kier alpha value is -0.860. The van der Waals surface area contributed by atoms with Crippen molar-refractivity contribution in [3.8, 4) is 0 Å². The van der Waals surface area contributed by atoms with Gasteiger partial charge in [0.05, 0.1) is 12.2 Å². The predicted octanol–water partition coefficient (Wildman–Crippen LogP) is 2.60. The van der Waals surface area contributed by atoms with E-state index in [0.717, 1.165) is 19.6 Å². The standard InChI is InChI=1S/C14H21NO/c1-11-5-4-6-14(7-11)10-15-8-12(2)16-13(3)9-15/h4-7,12-13H,8-10H2,1-3H3/t12-,13-/m1/s1. The molecule has 1 heterocycles. The first kappa shape index (κ1) is 11.6. The van der Waals surface area contributed by atoms with Gasteiger partial charge in [0.1, 0.15) is 0 Å². The topological polar surface area (TPSA) is 12.5 Å². The van der Waals surface area contributed by atoms with Crippen LogP contribution in [0.1, 0.15) is 25.0 Å². The van der Waals surface area contributed by atoms with E-state index in [1.54, 1.807) is 0 Å². The van der Waals surface area contributed by atoms with Crippen LogP contribution in [-0.2, 0) is 11.3 Å². The zero-order chi connectivity index (χ0) is 11.5. The summed E-state index contributed by atoms with van der Waals surface area (Å²) in [5, 5.41) is 0. The summed E-state index contributed by atoms with van der Waals surface area (Å²) in [6.45, 7) is 9.57. The van der Waals surface area contributed by atoms with E-state index < -0.39 is 0 Å². The molecule has 1 aromatic rings. The summed E-state index contributed by atoms with van der Waals surface area (Å²) >= 11 is 0. The first-order chi connectivity index (χ1) is 7.63. The number of hydrogen-bond donors (Lipinski definition) is 0. The molecule has 2 atom stereocenters. The first-order valence-electron chi connectivity index (χ1n) is 6.07. The molecule has 1 aliphatic heterocycles. The van der Waals surface area contributed by atoms with Crippen LogP contribution in [0.15, 0.2) is 24.3 Å². The van der Waals surface area contributed by atoms with E-state index in [1.165, 1.54) is 11.1 Å². The van der Waals surface area contributed by atoms with E-state index in [2.05, 4.69) is 49.9 Å². The zero-order valence-corrected chi connectivity index (χ0v) is 10.4. The quantitative estimate of drug-likeness (QED) is 0.758. The van der Waals surface area contributed by atoms with Gasteiger partial charge in [0, 0.05) is 19.6 Å². The monoisotopic (exact) mass is 219 g/mol. The average molecular weight is 219 g/mol. The number of hydrogen-bond acceptors (Lipinski definition) is 2. The number of nitrogens with zero attached hydrogens (tertiary/aromatic N) is 1. The second kappa shape index (κ2) is 4.98. The second-order valence-corrected chi connectivity index (χ2v) is 4.94. The molecule has 0 bridgehead atoms. The van der Waals surface area contributed by atoms with Crippen LogP contribution in [0, 0.1) is 6.92 Å². The zero-order valence-electron chi connectivity index (χ0n) is 10.4. The minimum Gasteiger partial charge on any atom is -0.373 e. The number of rotatable bonds is 2. The van der Waals surface area contributed by atoms with Crippen molar-refractivity contribution in [3.63, 3.8) is 0 Å². The number of benzene rings is 1. The highest BCUT2D eigenvalue weighted by Crippen LogP contribution is 2.14. The Morgan fingerprint density at radius 3 is 2.56 bits per heavy atom. The van der Waals surface area contributed by atoms with Gasteiger partial charge in [-0.2, -0.15) is 0 Å². The molecule has 0 unspecified atom stereocenters. The summed E-state index contributed by atoms with van der Waals surface area (Å²) in [7, 11) is 0. The lowest BCUT2D eigenvalue weighted by Crippen LogP contribution is -2.44. The lowest BCUT2D eigenvalue weighted by atomic mass is 10.1. The van der Waals surface area contributed by atoms with Crippen molar-refractivity contribution in [1.29, 1.82) is 0 Å². The lowest BCUT2D eigenvalue weighted by Gasteiger charge is -2.35. The molecule has 0 radical (unpaired) electrons. The van der Waals surface area contributed by atoms with Crippen LogP contribution in [0.5, 0.6) is 0 Å². The van der Waals surface area contributed by atoms with Gasteiger partial charge < -0.3 is 4.74 Å². The second-order valence-electron chi connectivity index (χ2n) is 4.94. The van der Waals surface area contributed by atoms with Gasteiger partial charge in [-0.25, -0.2) is 0 Å². The molecule has 1 aromatic carbocycles. The summed E-state index contributed by atoms with van der Waals surface area (Å²) in [6.07, 6.45) is 0.710. The summed E-state index contributed by atoms with van der Waals surface area (Å²) in [5.41, 5.74) is 2.74. The molecular weight excluding hydrogens is 198 g/mol. The van der Waals surface area contributed by atoms with E-state index in [-0.39, 0.29) is 0 Å². The molecule has 0 spiro atoms. The molecule has 2 heteroatoms. The van der Waals surface area contributed by atoms with Crippen molar-refractivity contribution in [2.45, 2.75) is 39.5 Å². The molecule has 2 nitrogen and oxygen atoms in total. The Balaban J connectivity index is 1.98. The van der Waals surface area contributed by atoms with Crippen LogP contribution >= 0.6 is 0 Å². The summed E-state index contributed by atoms with van der Waals surface area (Å²) < 4.78 is 5.74. The summed E-state index contributed by atoms with van der Waals surface area (Å²) in [5.74, 6) is 0. The highest BCUT2D eigenvalue weighted by molar-refractivity contribution is 5.22. The molecule has 0 aliphatic carbocycles. The van der Waals surface area contributed by atoms with Crippen LogP contribution in [0.25, 0.3) is 0 Å². The smallest absolute Gasteiger partial charge is 0.0678 e. The van der Waals surface area contributed by atoms with E-state index in [9.17, 15) is 0 Å². The molecule has 0 N–H and O–H groups in total. The van der Waals surface area contributed by atoms with Crippen molar-refractivity contribution >= 4 is 0 Å². The normalized spacial score (nSPS) is 26.9. The maximum Gasteiger partial charge on any atom is 0.0678 e. The SMILES string of the molecule is Cc1cccc(CN2C[C@@H](C)O[C@H](C)C2)c1. The maximum atomic E-state index is 5.74. The number of aryl methyl sites for hydroxylation is 1. The Kier molecular flexibility index (Phi) is 3.62. The van der Waals surface area contributed by atoms with E-state index in [0.29, 0.717) is 12.2 Å². The molecule has 1 aliphatic rings. The third kappa shape index (κ3) is 3.06. The Bertz CT molecular complexity index is 340. The van der Waals surface area contributed by atoms with Crippen molar-refractivity contribution in [3.05, 3.63) is 35.4 Å². The molecule has 88 valence electrons. The van der Waals surface area contributed by atoms with Gasteiger partial charge in [-0.3, -0.25) is 4.90 Å². The molecule has 16 heavy (non-hydrogen) atoms. The summed E-state index contributed by atoms with van der Waals surface area (Å²) in [6, 6.07) is 8.76. The minimum atomic E-state index is 0.355. The Morgan fingerprint density at radius 2 is 1.94 bits per heavy atom. The molecule has 0 saturated carbocycles. The molecular formula is C14H21NO. The Labute approximate surface area is 98.2 Å².